The number of halogens is 1. The van der Waals surface area contributed by atoms with Crippen LogP contribution >= 0.6 is 15.9 Å². The molecular formula is C21H16BrN5O2. The lowest BCUT2D eigenvalue weighted by Crippen LogP contribution is -2.22. The normalized spacial score (nSPS) is 14.8. The third-order valence-corrected chi connectivity index (χ3v) is 5.47. The molecule has 0 fully saturated rings. The van der Waals surface area contributed by atoms with Crippen molar-refractivity contribution in [2.45, 2.75) is 12.8 Å². The smallest absolute Gasteiger partial charge is 0.349 e. The van der Waals surface area contributed by atoms with Crippen molar-refractivity contribution in [3.63, 3.8) is 0 Å². The average molecular weight is 450 g/mol. The van der Waals surface area contributed by atoms with Gasteiger partial charge in [-0.3, -0.25) is 4.98 Å². The van der Waals surface area contributed by atoms with Crippen molar-refractivity contribution in [2.24, 2.45) is 0 Å². The van der Waals surface area contributed by atoms with Crippen LogP contribution in [0.2, 0.25) is 0 Å². The first-order valence-corrected chi connectivity index (χ1v) is 9.80. The van der Waals surface area contributed by atoms with E-state index in [0.717, 1.165) is 27.0 Å². The first kappa shape index (κ1) is 17.7. The standard InChI is InChI=1S/C21H16BrN5O2/c1-11-15-16(12-6-5-7-13(22)10-12)17-18(23)24-21(28)25-19(17)29-20(15)27(26-11)14-8-3-2-4-9-14/h2-10,16H,1H3,(H3,23,24,25,28). The molecule has 1 unspecified atom stereocenters. The molecule has 0 bridgehead atoms. The van der Waals surface area contributed by atoms with Crippen LogP contribution in [0, 0.1) is 6.92 Å². The summed E-state index contributed by atoms with van der Waals surface area (Å²) in [5.41, 5.74) is 9.83. The molecule has 144 valence electrons. The second-order valence-electron chi connectivity index (χ2n) is 6.82. The first-order valence-electron chi connectivity index (χ1n) is 9.01. The molecular weight excluding hydrogens is 434 g/mol. The molecule has 4 aromatic rings. The Morgan fingerprint density at radius 1 is 1.14 bits per heavy atom. The van der Waals surface area contributed by atoms with E-state index in [1.54, 1.807) is 4.68 Å². The summed E-state index contributed by atoms with van der Waals surface area (Å²) in [6.07, 6.45) is 0. The van der Waals surface area contributed by atoms with Gasteiger partial charge in [-0.25, -0.2) is 9.48 Å². The van der Waals surface area contributed by atoms with Gasteiger partial charge in [-0.15, -0.1) is 0 Å². The van der Waals surface area contributed by atoms with Crippen molar-refractivity contribution >= 4 is 21.7 Å². The number of nitrogens with two attached hydrogens (primary N) is 1. The molecule has 1 aliphatic rings. The highest BCUT2D eigenvalue weighted by molar-refractivity contribution is 9.10. The number of hydrogen-bond acceptors (Lipinski definition) is 5. The van der Waals surface area contributed by atoms with Crippen molar-refractivity contribution in [3.8, 4) is 17.4 Å². The molecule has 1 atom stereocenters. The van der Waals surface area contributed by atoms with E-state index in [-0.39, 0.29) is 17.6 Å². The lowest BCUT2D eigenvalue weighted by molar-refractivity contribution is 0.401. The Kier molecular flexibility index (Phi) is 4.02. The Morgan fingerprint density at radius 3 is 2.69 bits per heavy atom. The lowest BCUT2D eigenvalue weighted by Gasteiger charge is -2.27. The molecule has 7 nitrogen and oxygen atoms in total. The molecule has 0 radical (unpaired) electrons. The highest BCUT2D eigenvalue weighted by Gasteiger charge is 2.37. The van der Waals surface area contributed by atoms with Crippen molar-refractivity contribution < 1.29 is 4.74 Å². The number of para-hydroxylation sites is 1. The zero-order valence-corrected chi connectivity index (χ0v) is 17.0. The van der Waals surface area contributed by atoms with Crippen molar-refractivity contribution in [3.05, 3.63) is 91.9 Å². The van der Waals surface area contributed by atoms with Gasteiger partial charge in [-0.1, -0.05) is 46.3 Å². The first-order chi connectivity index (χ1) is 14.0. The molecule has 0 spiro atoms. The van der Waals surface area contributed by atoms with Crippen molar-refractivity contribution in [1.82, 2.24) is 19.7 Å². The van der Waals surface area contributed by atoms with Gasteiger partial charge in [0.05, 0.1) is 28.4 Å². The van der Waals surface area contributed by atoms with Crippen LogP contribution in [0.3, 0.4) is 0 Å². The molecule has 2 aromatic carbocycles. The van der Waals surface area contributed by atoms with Gasteiger partial charge in [0.15, 0.2) is 0 Å². The number of fused-ring (bicyclic) bond motifs is 2. The van der Waals surface area contributed by atoms with Crippen LogP contribution < -0.4 is 16.2 Å². The summed E-state index contributed by atoms with van der Waals surface area (Å²) in [6, 6.07) is 17.6. The maximum absolute atomic E-state index is 12.0. The minimum atomic E-state index is -0.555. The SMILES string of the molecule is Cc1nn(-c2ccccc2)c2c1C(c1cccc(Br)c1)c1c(nc(=O)[nH]c1N)O2. The fourth-order valence-corrected chi connectivity index (χ4v) is 4.20. The van der Waals surface area contributed by atoms with Crippen LogP contribution in [-0.2, 0) is 0 Å². The largest absolute Gasteiger partial charge is 0.420 e. The number of anilines is 1. The molecule has 5 rings (SSSR count). The highest BCUT2D eigenvalue weighted by Crippen LogP contribution is 2.49. The molecule has 1 aliphatic heterocycles. The van der Waals surface area contributed by atoms with Crippen LogP contribution in [0.15, 0.2) is 63.9 Å². The second-order valence-corrected chi connectivity index (χ2v) is 7.73. The third-order valence-electron chi connectivity index (χ3n) is 4.98. The van der Waals surface area contributed by atoms with Gasteiger partial charge < -0.3 is 10.5 Å². The Bertz CT molecular complexity index is 1300. The Labute approximate surface area is 174 Å². The predicted octanol–water partition coefficient (Wildman–Crippen LogP) is 3.89. The van der Waals surface area contributed by atoms with Gasteiger partial charge >= 0.3 is 5.69 Å². The van der Waals surface area contributed by atoms with E-state index < -0.39 is 5.69 Å². The number of aromatic nitrogens is 4. The summed E-state index contributed by atoms with van der Waals surface area (Å²) in [5.74, 6) is 0.681. The predicted molar refractivity (Wildman–Crippen MR) is 113 cm³/mol. The van der Waals surface area contributed by atoms with Crippen LogP contribution in [0.25, 0.3) is 5.69 Å². The number of aromatic amines is 1. The minimum absolute atomic E-state index is 0.195. The van der Waals surface area contributed by atoms with Gasteiger partial charge in [0.1, 0.15) is 5.82 Å². The van der Waals surface area contributed by atoms with Gasteiger partial charge in [0.2, 0.25) is 11.8 Å². The number of aryl methyl sites for hydroxylation is 1. The zero-order chi connectivity index (χ0) is 20.1. The lowest BCUT2D eigenvalue weighted by atomic mass is 9.84. The van der Waals surface area contributed by atoms with E-state index in [2.05, 4.69) is 25.9 Å². The van der Waals surface area contributed by atoms with Gasteiger partial charge in [-0.05, 0) is 36.8 Å². The minimum Gasteiger partial charge on any atom is -0.420 e. The quantitative estimate of drug-likeness (QED) is 0.425. The third kappa shape index (κ3) is 2.84. The van der Waals surface area contributed by atoms with E-state index in [9.17, 15) is 4.79 Å². The number of rotatable bonds is 2. The summed E-state index contributed by atoms with van der Waals surface area (Å²) in [7, 11) is 0. The van der Waals surface area contributed by atoms with Crippen molar-refractivity contribution in [1.29, 1.82) is 0 Å². The fraction of sp³-hybridized carbons (Fsp3) is 0.0952. The summed E-state index contributed by atoms with van der Waals surface area (Å²) >= 11 is 3.54. The van der Waals surface area contributed by atoms with E-state index in [1.807, 2.05) is 61.5 Å². The second kappa shape index (κ2) is 6.59. The van der Waals surface area contributed by atoms with Crippen molar-refractivity contribution in [2.75, 3.05) is 5.73 Å². The molecule has 0 saturated heterocycles. The number of hydrogen-bond donors (Lipinski definition) is 2. The van der Waals surface area contributed by atoms with Crippen LogP contribution in [0.5, 0.6) is 11.8 Å². The molecule has 8 heteroatoms. The van der Waals surface area contributed by atoms with E-state index in [0.29, 0.717) is 11.4 Å². The number of H-pyrrole nitrogens is 1. The highest BCUT2D eigenvalue weighted by atomic mass is 79.9. The summed E-state index contributed by atoms with van der Waals surface area (Å²) in [4.78, 5) is 18.6. The molecule has 3 N–H and O–H groups in total. The molecule has 0 saturated carbocycles. The number of nitrogens with zero attached hydrogens (tertiary/aromatic N) is 3. The van der Waals surface area contributed by atoms with Gasteiger partial charge in [-0.2, -0.15) is 10.1 Å². The number of nitrogens with one attached hydrogen (secondary N) is 1. The molecule has 2 aromatic heterocycles. The van der Waals surface area contributed by atoms with E-state index in [4.69, 9.17) is 15.6 Å². The average Bonchev–Trinajstić information content (AvgIpc) is 3.03. The summed E-state index contributed by atoms with van der Waals surface area (Å²) < 4.78 is 8.78. The Hall–Kier alpha value is -3.39. The Balaban J connectivity index is 1.83. The summed E-state index contributed by atoms with van der Waals surface area (Å²) in [6.45, 7) is 1.94. The zero-order valence-electron chi connectivity index (χ0n) is 15.4. The van der Waals surface area contributed by atoms with E-state index in [1.165, 1.54) is 0 Å². The topological polar surface area (TPSA) is 98.8 Å². The fourth-order valence-electron chi connectivity index (χ4n) is 3.78. The maximum atomic E-state index is 12.0. The maximum Gasteiger partial charge on any atom is 0.349 e. The molecule has 0 amide bonds. The van der Waals surface area contributed by atoms with Gasteiger partial charge in [0.25, 0.3) is 0 Å². The summed E-state index contributed by atoms with van der Waals surface area (Å²) in [5, 5.41) is 4.72. The monoisotopic (exact) mass is 449 g/mol. The Morgan fingerprint density at radius 2 is 1.93 bits per heavy atom. The van der Waals surface area contributed by atoms with Gasteiger partial charge in [0, 0.05) is 4.47 Å². The number of benzene rings is 2. The van der Waals surface area contributed by atoms with Crippen LogP contribution in [0.1, 0.15) is 28.3 Å². The van der Waals surface area contributed by atoms with Crippen LogP contribution in [0.4, 0.5) is 5.82 Å². The number of nitrogen functional groups attached to an aromatic ring is 1. The molecule has 0 aliphatic carbocycles. The van der Waals surface area contributed by atoms with Crippen LogP contribution in [-0.4, -0.2) is 19.7 Å². The number of ether oxygens (including phenoxy) is 1. The van der Waals surface area contributed by atoms with E-state index >= 15 is 0 Å². The molecule has 3 heterocycles. The molecule has 29 heavy (non-hydrogen) atoms.